The Morgan fingerprint density at radius 2 is 1.93 bits per heavy atom. The fourth-order valence-electron chi connectivity index (χ4n) is 2.89. The van der Waals surface area contributed by atoms with Crippen molar-refractivity contribution in [1.82, 2.24) is 5.32 Å². The SMILES string of the molecule is CCOC(=O)NC(=O)COC(=O)[C@@H]1CC(=O)N(c2ccc3c(c2)OCCO3)C1. The first-order chi connectivity index (χ1) is 13.5. The van der Waals surface area contributed by atoms with Crippen molar-refractivity contribution in [3.05, 3.63) is 18.2 Å². The van der Waals surface area contributed by atoms with Gasteiger partial charge in [0.05, 0.1) is 12.5 Å². The lowest BCUT2D eigenvalue weighted by Gasteiger charge is -2.22. The van der Waals surface area contributed by atoms with Gasteiger partial charge in [-0.25, -0.2) is 4.79 Å². The lowest BCUT2D eigenvalue weighted by molar-refractivity contribution is -0.152. The van der Waals surface area contributed by atoms with Crippen LogP contribution >= 0.6 is 0 Å². The number of nitrogens with zero attached hydrogens (tertiary/aromatic N) is 1. The predicted molar refractivity (Wildman–Crippen MR) is 94.0 cm³/mol. The molecule has 1 aromatic rings. The lowest BCUT2D eigenvalue weighted by Crippen LogP contribution is -2.35. The summed E-state index contributed by atoms with van der Waals surface area (Å²) < 4.78 is 20.4. The van der Waals surface area contributed by atoms with Gasteiger partial charge in [0.2, 0.25) is 5.91 Å². The van der Waals surface area contributed by atoms with Crippen LogP contribution in [0.4, 0.5) is 10.5 Å². The van der Waals surface area contributed by atoms with Gasteiger partial charge in [-0.3, -0.25) is 19.7 Å². The van der Waals surface area contributed by atoms with E-state index in [0.717, 1.165) is 0 Å². The van der Waals surface area contributed by atoms with Gasteiger partial charge in [0.25, 0.3) is 5.91 Å². The molecule has 1 atom stereocenters. The third-order valence-electron chi connectivity index (χ3n) is 4.16. The van der Waals surface area contributed by atoms with E-state index in [4.69, 9.17) is 14.2 Å². The zero-order valence-corrected chi connectivity index (χ0v) is 15.3. The van der Waals surface area contributed by atoms with E-state index in [-0.39, 0.29) is 25.5 Å². The molecular weight excluding hydrogens is 372 g/mol. The van der Waals surface area contributed by atoms with E-state index >= 15 is 0 Å². The Hall–Kier alpha value is -3.30. The summed E-state index contributed by atoms with van der Waals surface area (Å²) in [5, 5.41) is 1.92. The molecular formula is C18H20N2O8. The summed E-state index contributed by atoms with van der Waals surface area (Å²) >= 11 is 0. The normalized spacial score (nSPS) is 17.8. The number of imide groups is 1. The number of benzene rings is 1. The van der Waals surface area contributed by atoms with E-state index in [9.17, 15) is 19.2 Å². The lowest BCUT2D eigenvalue weighted by atomic mass is 10.1. The van der Waals surface area contributed by atoms with Crippen LogP contribution in [0.2, 0.25) is 0 Å². The van der Waals surface area contributed by atoms with E-state index in [1.165, 1.54) is 4.90 Å². The molecule has 0 saturated carbocycles. The second kappa shape index (κ2) is 8.59. The third kappa shape index (κ3) is 4.51. The molecule has 2 aliphatic heterocycles. The summed E-state index contributed by atoms with van der Waals surface area (Å²) in [5.41, 5.74) is 0.588. The quantitative estimate of drug-likeness (QED) is 0.725. The molecule has 2 aliphatic rings. The van der Waals surface area contributed by atoms with Crippen molar-refractivity contribution in [2.24, 2.45) is 5.92 Å². The Kier molecular flexibility index (Phi) is 5.97. The van der Waals surface area contributed by atoms with Crippen molar-refractivity contribution >= 4 is 29.6 Å². The van der Waals surface area contributed by atoms with Crippen LogP contribution in [0.1, 0.15) is 13.3 Å². The molecule has 10 heteroatoms. The fraction of sp³-hybridized carbons (Fsp3) is 0.444. The molecule has 1 fully saturated rings. The topological polar surface area (TPSA) is 120 Å². The maximum atomic E-state index is 12.3. The Morgan fingerprint density at radius 3 is 2.68 bits per heavy atom. The summed E-state index contributed by atoms with van der Waals surface area (Å²) in [7, 11) is 0. The first-order valence-electron chi connectivity index (χ1n) is 8.81. The van der Waals surface area contributed by atoms with Gasteiger partial charge in [-0.15, -0.1) is 0 Å². The summed E-state index contributed by atoms with van der Waals surface area (Å²) in [6, 6.07) is 5.11. The summed E-state index contributed by atoms with van der Waals surface area (Å²) in [6.07, 6.45) is -0.948. The molecule has 3 amide bonds. The number of rotatable bonds is 5. The Labute approximate surface area is 160 Å². The molecule has 0 radical (unpaired) electrons. The van der Waals surface area contributed by atoms with Gasteiger partial charge >= 0.3 is 12.1 Å². The minimum atomic E-state index is -0.913. The van der Waals surface area contributed by atoms with Gasteiger partial charge in [-0.2, -0.15) is 0 Å². The standard InChI is InChI=1S/C18H20N2O8/c1-2-25-18(24)19-15(21)10-28-17(23)11-7-16(22)20(9-11)12-3-4-13-14(8-12)27-6-5-26-13/h3-4,8,11H,2,5-7,9-10H2,1H3,(H,19,21,24)/t11-/m1/s1. The molecule has 28 heavy (non-hydrogen) atoms. The zero-order valence-electron chi connectivity index (χ0n) is 15.3. The molecule has 3 rings (SSSR count). The van der Waals surface area contributed by atoms with Crippen molar-refractivity contribution in [1.29, 1.82) is 0 Å². The van der Waals surface area contributed by atoms with Crippen LogP contribution in [-0.2, 0) is 23.9 Å². The molecule has 0 spiro atoms. The number of alkyl carbamates (subject to hydrolysis) is 1. The number of anilines is 1. The van der Waals surface area contributed by atoms with E-state index < -0.39 is 30.5 Å². The van der Waals surface area contributed by atoms with Crippen LogP contribution in [0.25, 0.3) is 0 Å². The van der Waals surface area contributed by atoms with Crippen LogP contribution in [-0.4, -0.2) is 56.8 Å². The molecule has 150 valence electrons. The third-order valence-corrected chi connectivity index (χ3v) is 4.16. The number of hydrogen-bond donors (Lipinski definition) is 1. The number of hydrogen-bond acceptors (Lipinski definition) is 8. The highest BCUT2D eigenvalue weighted by Gasteiger charge is 2.36. The molecule has 0 aliphatic carbocycles. The molecule has 10 nitrogen and oxygen atoms in total. The van der Waals surface area contributed by atoms with Gasteiger partial charge in [0.1, 0.15) is 13.2 Å². The van der Waals surface area contributed by atoms with Gasteiger partial charge in [0, 0.05) is 24.7 Å². The maximum Gasteiger partial charge on any atom is 0.413 e. The van der Waals surface area contributed by atoms with Crippen LogP contribution in [0, 0.1) is 5.92 Å². The first kappa shape index (κ1) is 19.5. The number of nitrogens with one attached hydrogen (secondary N) is 1. The number of ether oxygens (including phenoxy) is 4. The minimum Gasteiger partial charge on any atom is -0.486 e. The highest BCUT2D eigenvalue weighted by atomic mass is 16.6. The largest absolute Gasteiger partial charge is 0.486 e. The highest BCUT2D eigenvalue weighted by Crippen LogP contribution is 2.36. The number of carbonyl (C=O) groups excluding carboxylic acids is 4. The van der Waals surface area contributed by atoms with Crippen LogP contribution < -0.4 is 19.7 Å². The predicted octanol–water partition coefficient (Wildman–Crippen LogP) is 0.627. The van der Waals surface area contributed by atoms with Gasteiger partial charge < -0.3 is 23.8 Å². The van der Waals surface area contributed by atoms with Crippen LogP contribution in [0.5, 0.6) is 11.5 Å². The average molecular weight is 392 g/mol. The molecule has 0 aromatic heterocycles. The Morgan fingerprint density at radius 1 is 1.18 bits per heavy atom. The van der Waals surface area contributed by atoms with Crippen molar-refractivity contribution in [2.45, 2.75) is 13.3 Å². The second-order valence-electron chi connectivity index (χ2n) is 6.11. The van der Waals surface area contributed by atoms with E-state index in [0.29, 0.717) is 30.4 Å². The fourth-order valence-corrected chi connectivity index (χ4v) is 2.89. The van der Waals surface area contributed by atoms with Gasteiger partial charge in [-0.1, -0.05) is 0 Å². The van der Waals surface area contributed by atoms with E-state index in [1.807, 2.05) is 5.32 Å². The van der Waals surface area contributed by atoms with Crippen molar-refractivity contribution < 1.29 is 38.1 Å². The molecule has 0 unspecified atom stereocenters. The summed E-state index contributed by atoms with van der Waals surface area (Å²) in [4.78, 5) is 48.6. The van der Waals surface area contributed by atoms with E-state index in [1.54, 1.807) is 25.1 Å². The number of carbonyl (C=O) groups is 4. The van der Waals surface area contributed by atoms with Gasteiger partial charge in [0.15, 0.2) is 18.1 Å². The van der Waals surface area contributed by atoms with Crippen molar-refractivity contribution in [3.63, 3.8) is 0 Å². The van der Waals surface area contributed by atoms with Crippen molar-refractivity contribution in [2.75, 3.05) is 37.9 Å². The number of fused-ring (bicyclic) bond motifs is 1. The maximum absolute atomic E-state index is 12.3. The Balaban J connectivity index is 1.54. The van der Waals surface area contributed by atoms with E-state index in [2.05, 4.69) is 4.74 Å². The number of amides is 3. The van der Waals surface area contributed by atoms with Crippen molar-refractivity contribution in [3.8, 4) is 11.5 Å². The molecule has 1 saturated heterocycles. The highest BCUT2D eigenvalue weighted by molar-refractivity contribution is 6.00. The monoisotopic (exact) mass is 392 g/mol. The Bertz CT molecular complexity index is 794. The second-order valence-corrected chi connectivity index (χ2v) is 6.11. The van der Waals surface area contributed by atoms with Crippen LogP contribution in [0.15, 0.2) is 18.2 Å². The number of esters is 1. The van der Waals surface area contributed by atoms with Crippen LogP contribution in [0.3, 0.4) is 0 Å². The molecule has 2 heterocycles. The average Bonchev–Trinajstić information content (AvgIpc) is 3.07. The summed E-state index contributed by atoms with van der Waals surface area (Å²) in [6.45, 7) is 2.08. The first-order valence-corrected chi connectivity index (χ1v) is 8.81. The molecule has 0 bridgehead atoms. The summed E-state index contributed by atoms with van der Waals surface area (Å²) in [5.74, 6) is -1.30. The smallest absolute Gasteiger partial charge is 0.413 e. The molecule has 1 aromatic carbocycles. The minimum absolute atomic E-state index is 0.0349. The zero-order chi connectivity index (χ0) is 20.1. The van der Waals surface area contributed by atoms with Gasteiger partial charge in [-0.05, 0) is 19.1 Å². The molecule has 1 N–H and O–H groups in total.